The Morgan fingerprint density at radius 1 is 1.21 bits per heavy atom. The topological polar surface area (TPSA) is 52.6 Å². The molecule has 0 heterocycles. The molecule has 0 spiro atoms. The third-order valence-electron chi connectivity index (χ3n) is 3.40. The van der Waals surface area contributed by atoms with E-state index in [0.717, 1.165) is 36.8 Å². The molecule has 0 aliphatic heterocycles. The first-order chi connectivity index (χ1) is 9.19. The summed E-state index contributed by atoms with van der Waals surface area (Å²) in [4.78, 5) is 23.9. The summed E-state index contributed by atoms with van der Waals surface area (Å²) in [5, 5.41) is 0. The summed E-state index contributed by atoms with van der Waals surface area (Å²) >= 11 is 0. The Labute approximate surface area is 112 Å². The predicted octanol–water partition coefficient (Wildman–Crippen LogP) is 2.32. The highest BCUT2D eigenvalue weighted by Crippen LogP contribution is 2.31. The van der Waals surface area contributed by atoms with E-state index in [-0.39, 0.29) is 6.61 Å². The van der Waals surface area contributed by atoms with E-state index in [2.05, 4.69) is 0 Å². The van der Waals surface area contributed by atoms with E-state index >= 15 is 0 Å². The molecular formula is C15H18O4. The molecule has 2 rings (SSSR count). The molecule has 102 valence electrons. The number of ketones is 1. The van der Waals surface area contributed by atoms with Crippen molar-refractivity contribution >= 4 is 11.8 Å². The van der Waals surface area contributed by atoms with Crippen LogP contribution >= 0.6 is 0 Å². The normalized spacial score (nSPS) is 13.6. The average Bonchev–Trinajstić information content (AvgIpc) is 2.45. The van der Waals surface area contributed by atoms with Gasteiger partial charge in [0.25, 0.3) is 5.78 Å². The van der Waals surface area contributed by atoms with Crippen molar-refractivity contribution in [2.75, 3.05) is 13.7 Å². The van der Waals surface area contributed by atoms with Gasteiger partial charge in [-0.25, -0.2) is 4.79 Å². The van der Waals surface area contributed by atoms with Crippen molar-refractivity contribution < 1.29 is 19.1 Å². The minimum absolute atomic E-state index is 0.196. The summed E-state index contributed by atoms with van der Waals surface area (Å²) in [6.07, 6.45) is 3.91. The first kappa shape index (κ1) is 13.6. The summed E-state index contributed by atoms with van der Waals surface area (Å²) in [6, 6.07) is 3.74. The molecule has 0 saturated carbocycles. The van der Waals surface area contributed by atoms with Crippen LogP contribution in [0.2, 0.25) is 0 Å². The number of esters is 1. The standard InChI is InChI=1S/C15H18O4/c1-3-19-15(17)14(16)13-11-7-5-4-6-10(11)8-9-12(13)18-2/h8-9H,3-7H2,1-2H3. The van der Waals surface area contributed by atoms with Crippen LogP contribution in [0.1, 0.15) is 41.3 Å². The maximum atomic E-state index is 12.2. The Hall–Kier alpha value is -1.84. The monoisotopic (exact) mass is 262 g/mol. The van der Waals surface area contributed by atoms with Crippen LogP contribution in [0.3, 0.4) is 0 Å². The highest BCUT2D eigenvalue weighted by Gasteiger charge is 2.27. The second-order valence-electron chi connectivity index (χ2n) is 4.54. The van der Waals surface area contributed by atoms with Crippen LogP contribution in [0, 0.1) is 0 Å². The molecule has 0 aromatic heterocycles. The number of Topliss-reactive ketones (excluding diaryl/α,β-unsaturated/α-hetero) is 1. The van der Waals surface area contributed by atoms with Crippen molar-refractivity contribution in [3.05, 3.63) is 28.8 Å². The van der Waals surface area contributed by atoms with Crippen LogP contribution in [-0.2, 0) is 22.4 Å². The van der Waals surface area contributed by atoms with Gasteiger partial charge in [-0.05, 0) is 49.8 Å². The molecule has 0 saturated heterocycles. The maximum absolute atomic E-state index is 12.2. The molecule has 4 heteroatoms. The number of fused-ring (bicyclic) bond motifs is 1. The first-order valence-electron chi connectivity index (χ1n) is 6.59. The van der Waals surface area contributed by atoms with Gasteiger partial charge in [0.1, 0.15) is 5.75 Å². The molecule has 0 unspecified atom stereocenters. The summed E-state index contributed by atoms with van der Waals surface area (Å²) in [6.45, 7) is 1.88. The van der Waals surface area contributed by atoms with Crippen LogP contribution in [0.25, 0.3) is 0 Å². The fourth-order valence-corrected chi connectivity index (χ4v) is 2.52. The number of ether oxygens (including phenoxy) is 2. The van der Waals surface area contributed by atoms with Crippen LogP contribution in [-0.4, -0.2) is 25.5 Å². The van der Waals surface area contributed by atoms with Crippen LogP contribution < -0.4 is 4.74 Å². The quantitative estimate of drug-likeness (QED) is 0.474. The highest BCUT2D eigenvalue weighted by atomic mass is 16.5. The van der Waals surface area contributed by atoms with Gasteiger partial charge in [0, 0.05) is 0 Å². The van der Waals surface area contributed by atoms with Crippen LogP contribution in [0.5, 0.6) is 5.75 Å². The fraction of sp³-hybridized carbons (Fsp3) is 0.467. The molecule has 1 aliphatic rings. The molecule has 0 amide bonds. The third-order valence-corrected chi connectivity index (χ3v) is 3.40. The van der Waals surface area contributed by atoms with E-state index in [0.29, 0.717) is 11.3 Å². The first-order valence-corrected chi connectivity index (χ1v) is 6.59. The van der Waals surface area contributed by atoms with Gasteiger partial charge < -0.3 is 9.47 Å². The Morgan fingerprint density at radius 2 is 1.95 bits per heavy atom. The number of aryl methyl sites for hydroxylation is 1. The van der Waals surface area contributed by atoms with Crippen LogP contribution in [0.15, 0.2) is 12.1 Å². The van der Waals surface area contributed by atoms with Gasteiger partial charge in [-0.15, -0.1) is 0 Å². The van der Waals surface area contributed by atoms with Crippen molar-refractivity contribution in [1.29, 1.82) is 0 Å². The van der Waals surface area contributed by atoms with Gasteiger partial charge in [-0.3, -0.25) is 4.79 Å². The summed E-state index contributed by atoms with van der Waals surface area (Å²) in [7, 11) is 1.51. The Balaban J connectivity index is 2.47. The van der Waals surface area contributed by atoms with Gasteiger partial charge in [0.2, 0.25) is 0 Å². The molecule has 19 heavy (non-hydrogen) atoms. The number of hydrogen-bond donors (Lipinski definition) is 0. The Kier molecular flexibility index (Phi) is 4.20. The number of rotatable bonds is 4. The molecular weight excluding hydrogens is 244 g/mol. The molecule has 1 aromatic rings. The number of carbonyl (C=O) groups is 2. The molecule has 0 bridgehead atoms. The zero-order valence-corrected chi connectivity index (χ0v) is 11.3. The Morgan fingerprint density at radius 3 is 2.63 bits per heavy atom. The third kappa shape index (κ3) is 2.62. The highest BCUT2D eigenvalue weighted by molar-refractivity contribution is 6.41. The number of benzene rings is 1. The molecule has 0 fully saturated rings. The lowest BCUT2D eigenvalue weighted by atomic mass is 9.86. The molecule has 0 N–H and O–H groups in total. The second kappa shape index (κ2) is 5.87. The molecule has 1 aromatic carbocycles. The zero-order chi connectivity index (χ0) is 13.8. The van der Waals surface area contributed by atoms with E-state index in [1.54, 1.807) is 13.0 Å². The number of carbonyl (C=O) groups excluding carboxylic acids is 2. The van der Waals surface area contributed by atoms with E-state index in [4.69, 9.17) is 9.47 Å². The van der Waals surface area contributed by atoms with Crippen molar-refractivity contribution in [2.24, 2.45) is 0 Å². The predicted molar refractivity (Wildman–Crippen MR) is 70.6 cm³/mol. The SMILES string of the molecule is CCOC(=O)C(=O)c1c(OC)ccc2c1CCCC2. The summed E-state index contributed by atoms with van der Waals surface area (Å²) < 4.78 is 10.0. The molecule has 0 radical (unpaired) electrons. The lowest BCUT2D eigenvalue weighted by Gasteiger charge is -2.20. The van der Waals surface area contributed by atoms with Gasteiger partial charge >= 0.3 is 5.97 Å². The van der Waals surface area contributed by atoms with Crippen LogP contribution in [0.4, 0.5) is 0 Å². The lowest BCUT2D eigenvalue weighted by molar-refractivity contribution is -0.137. The largest absolute Gasteiger partial charge is 0.496 e. The molecule has 4 nitrogen and oxygen atoms in total. The average molecular weight is 262 g/mol. The number of hydrogen-bond acceptors (Lipinski definition) is 4. The Bertz CT molecular complexity index is 505. The second-order valence-corrected chi connectivity index (χ2v) is 4.54. The van der Waals surface area contributed by atoms with Crippen molar-refractivity contribution in [1.82, 2.24) is 0 Å². The van der Waals surface area contributed by atoms with E-state index in [1.807, 2.05) is 6.07 Å². The minimum Gasteiger partial charge on any atom is -0.496 e. The zero-order valence-electron chi connectivity index (χ0n) is 11.3. The number of methoxy groups -OCH3 is 1. The van der Waals surface area contributed by atoms with Crippen molar-refractivity contribution in [3.8, 4) is 5.75 Å². The smallest absolute Gasteiger partial charge is 0.379 e. The van der Waals surface area contributed by atoms with Gasteiger partial charge in [-0.2, -0.15) is 0 Å². The maximum Gasteiger partial charge on any atom is 0.379 e. The summed E-state index contributed by atoms with van der Waals surface area (Å²) in [5.41, 5.74) is 2.47. The summed E-state index contributed by atoms with van der Waals surface area (Å²) in [5.74, 6) is -0.948. The fourth-order valence-electron chi connectivity index (χ4n) is 2.52. The molecule has 0 atom stereocenters. The minimum atomic E-state index is -0.806. The van der Waals surface area contributed by atoms with Gasteiger partial charge in [0.05, 0.1) is 19.3 Å². The van der Waals surface area contributed by atoms with E-state index < -0.39 is 11.8 Å². The van der Waals surface area contributed by atoms with Crippen molar-refractivity contribution in [2.45, 2.75) is 32.6 Å². The van der Waals surface area contributed by atoms with Gasteiger partial charge in [0.15, 0.2) is 0 Å². The van der Waals surface area contributed by atoms with E-state index in [9.17, 15) is 9.59 Å². The molecule has 1 aliphatic carbocycles. The van der Waals surface area contributed by atoms with Crippen molar-refractivity contribution in [3.63, 3.8) is 0 Å². The van der Waals surface area contributed by atoms with Gasteiger partial charge in [-0.1, -0.05) is 6.07 Å². The lowest BCUT2D eigenvalue weighted by Crippen LogP contribution is -2.21. The van der Waals surface area contributed by atoms with E-state index in [1.165, 1.54) is 7.11 Å².